The Labute approximate surface area is 233 Å². The van der Waals surface area contributed by atoms with Gasteiger partial charge in [-0.1, -0.05) is 66.2 Å². The monoisotopic (exact) mass is 563 g/mol. The molecular formula is C30H30ClN3O4S. The van der Waals surface area contributed by atoms with Gasteiger partial charge in [-0.05, 0) is 62.7 Å². The van der Waals surface area contributed by atoms with E-state index in [9.17, 15) is 18.0 Å². The predicted octanol–water partition coefficient (Wildman–Crippen LogP) is 5.55. The fraction of sp³-hybridized carbons (Fsp3) is 0.200. The van der Waals surface area contributed by atoms with Crippen molar-refractivity contribution in [2.45, 2.75) is 43.7 Å². The molecule has 0 aromatic heterocycles. The van der Waals surface area contributed by atoms with Crippen LogP contribution in [0.4, 0.5) is 5.69 Å². The summed E-state index contributed by atoms with van der Waals surface area (Å²) in [7, 11) is -3.83. The Morgan fingerprint density at radius 1 is 0.821 bits per heavy atom. The molecule has 0 aliphatic rings. The van der Waals surface area contributed by atoms with Crippen LogP contribution in [-0.2, 0) is 21.2 Å². The van der Waals surface area contributed by atoms with Crippen LogP contribution >= 0.6 is 11.6 Å². The van der Waals surface area contributed by atoms with Gasteiger partial charge in [-0.2, -0.15) is 0 Å². The number of carbonyl (C=O) groups is 2. The zero-order valence-electron chi connectivity index (χ0n) is 21.9. The molecule has 0 unspecified atom stereocenters. The van der Waals surface area contributed by atoms with Gasteiger partial charge < -0.3 is 10.6 Å². The van der Waals surface area contributed by atoms with Gasteiger partial charge in [0.15, 0.2) is 0 Å². The summed E-state index contributed by atoms with van der Waals surface area (Å²) in [6, 6.07) is 24.8. The van der Waals surface area contributed by atoms with Gasteiger partial charge in [0.05, 0.1) is 4.90 Å². The molecule has 0 fully saturated rings. The molecule has 1 atom stereocenters. The topological polar surface area (TPSA) is 104 Å². The predicted molar refractivity (Wildman–Crippen MR) is 156 cm³/mol. The fourth-order valence-corrected chi connectivity index (χ4v) is 5.97. The summed E-state index contributed by atoms with van der Waals surface area (Å²) in [4.78, 5) is 26.6. The second-order valence-electron chi connectivity index (χ2n) is 10.2. The molecule has 7 nitrogen and oxygen atoms in total. The number of nitrogens with one attached hydrogen (secondary N) is 3. The molecule has 9 heteroatoms. The zero-order valence-corrected chi connectivity index (χ0v) is 23.4. The second kappa shape index (κ2) is 11.6. The van der Waals surface area contributed by atoms with Crippen molar-refractivity contribution in [1.29, 1.82) is 0 Å². The van der Waals surface area contributed by atoms with Crippen LogP contribution in [0.1, 0.15) is 36.7 Å². The quantitative estimate of drug-likeness (QED) is 0.261. The van der Waals surface area contributed by atoms with E-state index in [0.717, 1.165) is 5.56 Å². The van der Waals surface area contributed by atoms with Crippen LogP contribution in [0.15, 0.2) is 95.9 Å². The van der Waals surface area contributed by atoms with Crippen LogP contribution in [0.25, 0.3) is 10.8 Å². The summed E-state index contributed by atoms with van der Waals surface area (Å²) < 4.78 is 28.9. The van der Waals surface area contributed by atoms with Gasteiger partial charge >= 0.3 is 0 Å². The maximum atomic E-state index is 13.6. The summed E-state index contributed by atoms with van der Waals surface area (Å²) in [5, 5.41) is 7.33. The highest BCUT2D eigenvalue weighted by Crippen LogP contribution is 2.29. The highest BCUT2D eigenvalue weighted by Gasteiger charge is 2.26. The van der Waals surface area contributed by atoms with Gasteiger partial charge in [-0.15, -0.1) is 0 Å². The van der Waals surface area contributed by atoms with E-state index in [1.165, 1.54) is 6.07 Å². The van der Waals surface area contributed by atoms with Crippen molar-refractivity contribution in [2.24, 2.45) is 0 Å². The molecule has 2 amide bonds. The number of rotatable bonds is 8. The second-order valence-corrected chi connectivity index (χ2v) is 12.3. The normalized spacial score (nSPS) is 12.6. The molecule has 3 N–H and O–H groups in total. The zero-order chi connectivity index (χ0) is 28.2. The van der Waals surface area contributed by atoms with Crippen molar-refractivity contribution >= 4 is 49.9 Å². The highest BCUT2D eigenvalue weighted by atomic mass is 35.5. The number of halogens is 1. The van der Waals surface area contributed by atoms with Gasteiger partial charge in [-0.3, -0.25) is 9.59 Å². The van der Waals surface area contributed by atoms with Gasteiger partial charge in [0.1, 0.15) is 6.04 Å². The van der Waals surface area contributed by atoms with Crippen molar-refractivity contribution in [2.75, 3.05) is 5.32 Å². The molecule has 0 aliphatic heterocycles. The van der Waals surface area contributed by atoms with E-state index in [4.69, 9.17) is 11.6 Å². The molecule has 0 saturated heterocycles. The van der Waals surface area contributed by atoms with Gasteiger partial charge in [0.2, 0.25) is 15.9 Å². The van der Waals surface area contributed by atoms with Crippen LogP contribution < -0.4 is 15.4 Å². The number of anilines is 1. The Balaban J connectivity index is 1.66. The average Bonchev–Trinajstić information content (AvgIpc) is 2.88. The van der Waals surface area contributed by atoms with E-state index < -0.39 is 27.5 Å². The molecule has 0 aliphatic carbocycles. The molecule has 4 aromatic carbocycles. The molecule has 0 bridgehead atoms. The third-order valence-corrected chi connectivity index (χ3v) is 7.95. The van der Waals surface area contributed by atoms with Crippen molar-refractivity contribution in [3.63, 3.8) is 0 Å². The van der Waals surface area contributed by atoms with Crippen LogP contribution in [-0.4, -0.2) is 31.8 Å². The van der Waals surface area contributed by atoms with Gasteiger partial charge in [0.25, 0.3) is 5.91 Å². The largest absolute Gasteiger partial charge is 0.340 e. The number of carbonyl (C=O) groups excluding carboxylic acids is 2. The lowest BCUT2D eigenvalue weighted by Gasteiger charge is -2.22. The lowest BCUT2D eigenvalue weighted by Crippen LogP contribution is -2.45. The van der Waals surface area contributed by atoms with Crippen LogP contribution in [0.5, 0.6) is 0 Å². The first-order chi connectivity index (χ1) is 18.4. The molecular weight excluding hydrogens is 534 g/mol. The maximum absolute atomic E-state index is 13.6. The number of hydrogen-bond acceptors (Lipinski definition) is 4. The first-order valence-electron chi connectivity index (χ1n) is 12.4. The van der Waals surface area contributed by atoms with Crippen LogP contribution in [0.3, 0.4) is 0 Å². The Bertz CT molecular complexity index is 1600. The first kappa shape index (κ1) is 28.3. The van der Waals surface area contributed by atoms with Crippen LogP contribution in [0, 0.1) is 0 Å². The number of fused-ring (bicyclic) bond motifs is 1. The van der Waals surface area contributed by atoms with Gasteiger partial charge in [-0.25, -0.2) is 13.1 Å². The lowest BCUT2D eigenvalue weighted by atomic mass is 10.0. The number of amides is 2. The lowest BCUT2D eigenvalue weighted by molar-refractivity contribution is -0.118. The molecule has 4 aromatic rings. The minimum Gasteiger partial charge on any atom is -0.340 e. The third-order valence-electron chi connectivity index (χ3n) is 5.88. The molecule has 0 radical (unpaired) electrons. The van der Waals surface area contributed by atoms with Gasteiger partial charge in [0, 0.05) is 39.0 Å². The van der Waals surface area contributed by atoms with Crippen molar-refractivity contribution in [3.8, 4) is 0 Å². The number of benzene rings is 4. The van der Waals surface area contributed by atoms with Crippen LogP contribution in [0.2, 0.25) is 5.02 Å². The third kappa shape index (κ3) is 7.23. The van der Waals surface area contributed by atoms with Crippen molar-refractivity contribution in [3.05, 3.63) is 107 Å². The smallest absolute Gasteiger partial charge is 0.251 e. The minimum absolute atomic E-state index is 0.112. The minimum atomic E-state index is -3.83. The SMILES string of the molecule is CC(C)(C)NS(=O)(=O)c1cccc2c(NC(=O)[C@H](Cc3ccc(Cl)cc3)NC(=O)c3ccccc3)cccc12. The summed E-state index contributed by atoms with van der Waals surface area (Å²) in [5.74, 6) is -0.827. The molecule has 4 rings (SSSR count). The molecule has 0 spiro atoms. The Morgan fingerprint density at radius 3 is 2.13 bits per heavy atom. The summed E-state index contributed by atoms with van der Waals surface area (Å²) in [6.45, 7) is 5.31. The number of hydrogen-bond donors (Lipinski definition) is 3. The maximum Gasteiger partial charge on any atom is 0.251 e. The van der Waals surface area contributed by atoms with E-state index in [0.29, 0.717) is 27.0 Å². The molecule has 0 saturated carbocycles. The van der Waals surface area contributed by atoms with E-state index in [2.05, 4.69) is 15.4 Å². The van der Waals surface area contributed by atoms with Crippen molar-refractivity contribution in [1.82, 2.24) is 10.0 Å². The summed E-state index contributed by atoms with van der Waals surface area (Å²) >= 11 is 6.02. The average molecular weight is 564 g/mol. The Morgan fingerprint density at radius 2 is 1.46 bits per heavy atom. The van der Waals surface area contributed by atoms with E-state index in [1.807, 2.05) is 0 Å². The van der Waals surface area contributed by atoms with E-state index in [-0.39, 0.29) is 17.2 Å². The highest BCUT2D eigenvalue weighted by molar-refractivity contribution is 7.89. The van der Waals surface area contributed by atoms with E-state index in [1.54, 1.807) is 106 Å². The molecule has 39 heavy (non-hydrogen) atoms. The van der Waals surface area contributed by atoms with Crippen molar-refractivity contribution < 1.29 is 18.0 Å². The Kier molecular flexibility index (Phi) is 8.39. The standard InChI is InChI=1S/C30H30ClN3O4S/c1-30(2,3)34-39(37,38)27-14-8-11-23-24(27)12-7-13-25(23)32-29(36)26(19-20-15-17-22(31)18-16-20)33-28(35)21-9-5-4-6-10-21/h4-18,26,34H,19H2,1-3H3,(H,32,36)(H,33,35)/t26-/m0/s1. The summed E-state index contributed by atoms with van der Waals surface area (Å²) in [5.41, 5.74) is 1.00. The fourth-order valence-electron chi connectivity index (χ4n) is 4.20. The first-order valence-corrected chi connectivity index (χ1v) is 14.3. The molecule has 202 valence electrons. The summed E-state index contributed by atoms with van der Waals surface area (Å²) in [6.07, 6.45) is 0.224. The molecule has 0 heterocycles. The Hall–Kier alpha value is -3.72. The number of sulfonamides is 1. The van der Waals surface area contributed by atoms with E-state index >= 15 is 0 Å².